The number of hydrogen-bond donors (Lipinski definition) is 1. The summed E-state index contributed by atoms with van der Waals surface area (Å²) in [4.78, 5) is 16.8. The molecule has 3 rings (SSSR count). The van der Waals surface area contributed by atoms with Crippen LogP contribution in [0.2, 0.25) is 10.0 Å². The molecule has 1 aliphatic heterocycles. The highest BCUT2D eigenvalue weighted by Gasteiger charge is 2.38. The van der Waals surface area contributed by atoms with Crippen LogP contribution >= 0.6 is 23.2 Å². The molecule has 0 aromatic heterocycles. The first-order valence-corrected chi connectivity index (χ1v) is 11.7. The second-order valence-electron chi connectivity index (χ2n) is 9.56. The zero-order valence-corrected chi connectivity index (χ0v) is 20.7. The van der Waals surface area contributed by atoms with Gasteiger partial charge in [-0.1, -0.05) is 68.3 Å². The zero-order chi connectivity index (χ0) is 23.5. The molecule has 1 N–H and O–H groups in total. The van der Waals surface area contributed by atoms with Crippen molar-refractivity contribution in [2.24, 2.45) is 5.41 Å². The number of piperidine rings is 1. The van der Waals surface area contributed by atoms with Crippen molar-refractivity contribution in [2.75, 3.05) is 31.6 Å². The molecule has 1 saturated heterocycles. The number of aliphatic hydroxyl groups is 1. The minimum absolute atomic E-state index is 0.00514. The molecule has 0 bridgehead atoms. The van der Waals surface area contributed by atoms with E-state index in [2.05, 4.69) is 17.1 Å². The van der Waals surface area contributed by atoms with Gasteiger partial charge >= 0.3 is 0 Å². The number of amides is 1. The number of rotatable bonds is 5. The molecule has 1 aliphatic rings. The van der Waals surface area contributed by atoms with Crippen molar-refractivity contribution in [3.8, 4) is 0 Å². The average Bonchev–Trinajstić information content (AvgIpc) is 2.75. The monoisotopic (exact) mass is 474 g/mol. The van der Waals surface area contributed by atoms with Crippen LogP contribution in [0.1, 0.15) is 44.7 Å². The Labute approximate surface area is 201 Å². The highest BCUT2D eigenvalue weighted by molar-refractivity contribution is 6.31. The van der Waals surface area contributed by atoms with Crippen molar-refractivity contribution in [3.63, 3.8) is 0 Å². The molecule has 0 atom stereocenters. The van der Waals surface area contributed by atoms with Crippen molar-refractivity contribution in [1.82, 2.24) is 4.90 Å². The van der Waals surface area contributed by atoms with Gasteiger partial charge in [0.15, 0.2) is 0 Å². The van der Waals surface area contributed by atoms with E-state index in [1.807, 2.05) is 51.1 Å². The van der Waals surface area contributed by atoms with E-state index in [-0.39, 0.29) is 5.91 Å². The molecule has 2 aromatic carbocycles. The van der Waals surface area contributed by atoms with Crippen LogP contribution in [0, 0.1) is 5.41 Å². The van der Waals surface area contributed by atoms with Gasteiger partial charge in [0, 0.05) is 53.4 Å². The molecule has 1 amide bonds. The van der Waals surface area contributed by atoms with Crippen LogP contribution in [-0.4, -0.2) is 42.6 Å². The number of carbonyl (C=O) groups excluding carboxylic acids is 1. The van der Waals surface area contributed by atoms with E-state index < -0.39 is 11.0 Å². The lowest BCUT2D eigenvalue weighted by Crippen LogP contribution is -2.44. The fourth-order valence-electron chi connectivity index (χ4n) is 4.07. The van der Waals surface area contributed by atoms with E-state index in [1.165, 1.54) is 0 Å². The fourth-order valence-corrected chi connectivity index (χ4v) is 4.37. The predicted molar refractivity (Wildman–Crippen MR) is 134 cm³/mol. The molecule has 1 heterocycles. The van der Waals surface area contributed by atoms with Gasteiger partial charge in [-0.3, -0.25) is 9.69 Å². The summed E-state index contributed by atoms with van der Waals surface area (Å²) < 4.78 is 0. The normalized spacial score (nSPS) is 17.0. The zero-order valence-electron chi connectivity index (χ0n) is 19.2. The fraction of sp³-hybridized carbons (Fsp3) is 0.423. The standard InChI is InChI=1S/C26H32Cl2N2O2/c1-25(2,3)24(31)29(4)23-12-11-21(28)18-22(23)26(32)13-16-30(17-14-26)15-5-6-19-7-9-20(27)10-8-19/h5-12,18,32H,13-17H2,1-4H3/b6-5+. The van der Waals surface area contributed by atoms with Crippen LogP contribution in [0.25, 0.3) is 6.08 Å². The number of nitrogens with zero attached hydrogens (tertiary/aromatic N) is 2. The maximum absolute atomic E-state index is 12.9. The van der Waals surface area contributed by atoms with Crippen LogP contribution in [0.4, 0.5) is 5.69 Å². The topological polar surface area (TPSA) is 43.8 Å². The third-order valence-corrected chi connectivity index (χ3v) is 6.48. The van der Waals surface area contributed by atoms with E-state index in [0.29, 0.717) is 23.6 Å². The van der Waals surface area contributed by atoms with E-state index in [1.54, 1.807) is 24.1 Å². The number of carbonyl (C=O) groups is 1. The predicted octanol–water partition coefficient (Wildman–Crippen LogP) is 6.00. The first kappa shape index (κ1) is 24.8. The van der Waals surface area contributed by atoms with Gasteiger partial charge in [-0.25, -0.2) is 0 Å². The Kier molecular flexibility index (Phi) is 7.72. The van der Waals surface area contributed by atoms with Gasteiger partial charge in [0.2, 0.25) is 5.91 Å². The molecule has 2 aromatic rings. The highest BCUT2D eigenvalue weighted by Crippen LogP contribution is 2.40. The van der Waals surface area contributed by atoms with Crippen LogP contribution < -0.4 is 4.90 Å². The lowest BCUT2D eigenvalue weighted by molar-refractivity contribution is -0.125. The summed E-state index contributed by atoms with van der Waals surface area (Å²) in [6, 6.07) is 13.2. The Bertz CT molecular complexity index is 972. The van der Waals surface area contributed by atoms with E-state index in [9.17, 15) is 9.90 Å². The van der Waals surface area contributed by atoms with E-state index >= 15 is 0 Å². The molecule has 0 radical (unpaired) electrons. The summed E-state index contributed by atoms with van der Waals surface area (Å²) in [5.41, 5.74) is 1.00. The molecule has 0 unspecified atom stereocenters. The summed E-state index contributed by atoms with van der Waals surface area (Å²) in [6.07, 6.45) is 5.37. The Hall–Kier alpha value is -1.85. The van der Waals surface area contributed by atoms with Gasteiger partial charge in [0.05, 0.1) is 5.60 Å². The SMILES string of the molecule is CN(C(=O)C(C)(C)C)c1ccc(Cl)cc1C1(O)CCN(C/C=C/c2ccc(Cl)cc2)CC1. The molecule has 1 fully saturated rings. The van der Waals surface area contributed by atoms with Gasteiger partial charge in [-0.2, -0.15) is 0 Å². The largest absolute Gasteiger partial charge is 0.385 e. The van der Waals surface area contributed by atoms with Crippen LogP contribution in [0.15, 0.2) is 48.5 Å². The minimum atomic E-state index is -1.02. The number of benzene rings is 2. The van der Waals surface area contributed by atoms with E-state index in [4.69, 9.17) is 23.2 Å². The molecular weight excluding hydrogens is 443 g/mol. The Morgan fingerprint density at radius 3 is 2.28 bits per heavy atom. The first-order valence-electron chi connectivity index (χ1n) is 10.9. The van der Waals surface area contributed by atoms with Crippen LogP contribution in [0.5, 0.6) is 0 Å². The Morgan fingerprint density at radius 2 is 1.69 bits per heavy atom. The summed E-state index contributed by atoms with van der Waals surface area (Å²) in [6.45, 7) is 8.00. The summed E-state index contributed by atoms with van der Waals surface area (Å²) in [7, 11) is 1.76. The number of halogens is 2. The second-order valence-corrected chi connectivity index (χ2v) is 10.4. The third-order valence-electron chi connectivity index (χ3n) is 5.99. The molecule has 4 nitrogen and oxygen atoms in total. The van der Waals surface area contributed by atoms with Crippen LogP contribution in [-0.2, 0) is 10.4 Å². The van der Waals surface area contributed by atoms with E-state index in [0.717, 1.165) is 35.8 Å². The van der Waals surface area contributed by atoms with Gasteiger partial charge in [0.1, 0.15) is 0 Å². The number of anilines is 1. The number of hydrogen-bond acceptors (Lipinski definition) is 3. The molecular formula is C26H32Cl2N2O2. The summed E-state index contributed by atoms with van der Waals surface area (Å²) in [5.74, 6) is -0.00514. The molecule has 0 aliphatic carbocycles. The van der Waals surface area contributed by atoms with Gasteiger partial charge in [-0.05, 0) is 48.7 Å². The third kappa shape index (κ3) is 5.93. The quantitative estimate of drug-likeness (QED) is 0.577. The maximum Gasteiger partial charge on any atom is 0.232 e. The van der Waals surface area contributed by atoms with Gasteiger partial charge in [-0.15, -0.1) is 0 Å². The van der Waals surface area contributed by atoms with Crippen molar-refractivity contribution in [3.05, 3.63) is 69.7 Å². The first-order chi connectivity index (χ1) is 15.0. The molecule has 32 heavy (non-hydrogen) atoms. The average molecular weight is 475 g/mol. The van der Waals surface area contributed by atoms with Crippen molar-refractivity contribution < 1.29 is 9.90 Å². The molecule has 0 saturated carbocycles. The van der Waals surface area contributed by atoms with Crippen molar-refractivity contribution >= 4 is 40.9 Å². The smallest absolute Gasteiger partial charge is 0.232 e. The lowest BCUT2D eigenvalue weighted by atomic mass is 9.82. The van der Waals surface area contributed by atoms with Crippen LogP contribution in [0.3, 0.4) is 0 Å². The summed E-state index contributed by atoms with van der Waals surface area (Å²) in [5, 5.41) is 12.9. The summed E-state index contributed by atoms with van der Waals surface area (Å²) >= 11 is 12.2. The van der Waals surface area contributed by atoms with Gasteiger partial charge < -0.3 is 10.0 Å². The molecule has 172 valence electrons. The highest BCUT2D eigenvalue weighted by atomic mass is 35.5. The van der Waals surface area contributed by atoms with Crippen molar-refractivity contribution in [2.45, 2.75) is 39.2 Å². The molecule has 6 heteroatoms. The second kappa shape index (κ2) is 9.96. The van der Waals surface area contributed by atoms with Gasteiger partial charge in [0.25, 0.3) is 0 Å². The lowest BCUT2D eigenvalue weighted by Gasteiger charge is -2.40. The number of likely N-dealkylation sites (tertiary alicyclic amines) is 1. The Morgan fingerprint density at radius 1 is 1.09 bits per heavy atom. The maximum atomic E-state index is 12.9. The molecule has 0 spiro atoms. The minimum Gasteiger partial charge on any atom is -0.385 e. The van der Waals surface area contributed by atoms with Crippen molar-refractivity contribution in [1.29, 1.82) is 0 Å². The Balaban J connectivity index is 1.71.